The Morgan fingerprint density at radius 3 is 2.80 bits per heavy atom. The minimum atomic E-state index is -0.402. The maximum Gasteiger partial charge on any atom is 0.415 e. The Labute approximate surface area is 116 Å². The van der Waals surface area contributed by atoms with E-state index in [0.717, 1.165) is 10.9 Å². The van der Waals surface area contributed by atoms with Crippen LogP contribution in [0.25, 0.3) is 10.9 Å². The number of ketones is 1. The molecular weight excluding hydrogens is 256 g/mol. The lowest BCUT2D eigenvalue weighted by Gasteiger charge is -2.25. The summed E-state index contributed by atoms with van der Waals surface area (Å²) in [7, 11) is 0. The number of carbonyl (C=O) groups excluding carboxylic acids is 2. The molecule has 0 atom stereocenters. The first-order valence-electron chi connectivity index (χ1n) is 6.55. The highest BCUT2D eigenvalue weighted by atomic mass is 16.6. The average Bonchev–Trinajstić information content (AvgIpc) is 2.48. The van der Waals surface area contributed by atoms with Crippen LogP contribution in [0.3, 0.4) is 0 Å². The molecule has 5 nitrogen and oxygen atoms in total. The highest BCUT2D eigenvalue weighted by molar-refractivity contribution is 5.83. The van der Waals surface area contributed by atoms with Gasteiger partial charge in [0.05, 0.1) is 5.52 Å². The summed E-state index contributed by atoms with van der Waals surface area (Å²) in [6.07, 6.45) is 2.15. The van der Waals surface area contributed by atoms with Crippen LogP contribution in [0.1, 0.15) is 12.8 Å². The van der Waals surface area contributed by atoms with Gasteiger partial charge in [0.15, 0.2) is 0 Å². The molecule has 0 bridgehead atoms. The summed E-state index contributed by atoms with van der Waals surface area (Å²) in [6.45, 7) is 0.875. The van der Waals surface area contributed by atoms with Crippen LogP contribution in [0.2, 0.25) is 0 Å². The van der Waals surface area contributed by atoms with E-state index in [1.807, 2.05) is 18.2 Å². The first-order valence-corrected chi connectivity index (χ1v) is 6.55. The van der Waals surface area contributed by atoms with Crippen molar-refractivity contribution in [1.29, 1.82) is 0 Å². The molecule has 1 fully saturated rings. The number of Topliss-reactive ketones (excluding diaryl/α,β-unsaturated/α-hetero) is 1. The van der Waals surface area contributed by atoms with E-state index in [1.54, 1.807) is 23.2 Å². The fourth-order valence-corrected chi connectivity index (χ4v) is 2.22. The molecule has 0 spiro atoms. The standard InChI is InChI=1S/C15H14N2O3/c18-12-5-8-17(9-6-12)15(19)20-13-3-4-14-11(10-13)2-1-7-16-14/h1-4,7,10H,5-6,8-9H2. The molecule has 1 aliphatic heterocycles. The Kier molecular flexibility index (Phi) is 3.33. The summed E-state index contributed by atoms with van der Waals surface area (Å²) in [5, 5.41) is 0.923. The van der Waals surface area contributed by atoms with Gasteiger partial charge in [-0.15, -0.1) is 0 Å². The van der Waals surface area contributed by atoms with Gasteiger partial charge in [0.1, 0.15) is 11.5 Å². The van der Waals surface area contributed by atoms with Crippen LogP contribution in [0.5, 0.6) is 5.75 Å². The van der Waals surface area contributed by atoms with Gasteiger partial charge in [0.25, 0.3) is 0 Å². The molecule has 5 heteroatoms. The van der Waals surface area contributed by atoms with Crippen molar-refractivity contribution in [2.45, 2.75) is 12.8 Å². The first kappa shape index (κ1) is 12.6. The summed E-state index contributed by atoms with van der Waals surface area (Å²) in [5.74, 6) is 0.693. The molecule has 2 aromatic rings. The molecule has 1 aliphatic rings. The lowest BCUT2D eigenvalue weighted by molar-refractivity contribution is -0.121. The van der Waals surface area contributed by atoms with E-state index in [-0.39, 0.29) is 5.78 Å². The molecule has 1 aromatic heterocycles. The van der Waals surface area contributed by atoms with Crippen molar-refractivity contribution in [2.75, 3.05) is 13.1 Å². The van der Waals surface area contributed by atoms with Crippen molar-refractivity contribution in [1.82, 2.24) is 9.88 Å². The monoisotopic (exact) mass is 270 g/mol. The number of hydrogen-bond donors (Lipinski definition) is 0. The number of fused-ring (bicyclic) bond motifs is 1. The molecule has 0 radical (unpaired) electrons. The normalized spacial score (nSPS) is 15.4. The Hall–Kier alpha value is -2.43. The van der Waals surface area contributed by atoms with E-state index in [1.165, 1.54) is 0 Å². The molecule has 2 heterocycles. The zero-order chi connectivity index (χ0) is 13.9. The predicted molar refractivity (Wildman–Crippen MR) is 73.6 cm³/mol. The van der Waals surface area contributed by atoms with Crippen LogP contribution in [0, 0.1) is 0 Å². The number of carbonyl (C=O) groups is 2. The van der Waals surface area contributed by atoms with Gasteiger partial charge in [-0.1, -0.05) is 6.07 Å². The van der Waals surface area contributed by atoms with Crippen molar-refractivity contribution in [2.24, 2.45) is 0 Å². The quantitative estimate of drug-likeness (QED) is 0.798. The molecule has 1 saturated heterocycles. The van der Waals surface area contributed by atoms with Crippen LogP contribution < -0.4 is 4.74 Å². The molecule has 1 aromatic carbocycles. The Morgan fingerprint density at radius 1 is 1.20 bits per heavy atom. The average molecular weight is 270 g/mol. The molecule has 0 aliphatic carbocycles. The highest BCUT2D eigenvalue weighted by Gasteiger charge is 2.22. The third-order valence-electron chi connectivity index (χ3n) is 3.36. The molecule has 102 valence electrons. The van der Waals surface area contributed by atoms with Gasteiger partial charge in [-0.05, 0) is 24.3 Å². The predicted octanol–water partition coefficient (Wildman–Crippen LogP) is 2.40. The Bertz CT molecular complexity index is 659. The van der Waals surface area contributed by atoms with Crippen molar-refractivity contribution in [3.63, 3.8) is 0 Å². The summed E-state index contributed by atoms with van der Waals surface area (Å²) < 4.78 is 5.35. The number of amides is 1. The number of benzene rings is 1. The second-order valence-electron chi connectivity index (χ2n) is 4.75. The number of nitrogens with zero attached hydrogens (tertiary/aromatic N) is 2. The number of ether oxygens (including phenoxy) is 1. The van der Waals surface area contributed by atoms with Gasteiger partial charge < -0.3 is 9.64 Å². The van der Waals surface area contributed by atoms with E-state index >= 15 is 0 Å². The van der Waals surface area contributed by atoms with Crippen LogP contribution in [-0.2, 0) is 4.79 Å². The fraction of sp³-hybridized carbons (Fsp3) is 0.267. The zero-order valence-electron chi connectivity index (χ0n) is 10.9. The van der Waals surface area contributed by atoms with Crippen LogP contribution in [0.4, 0.5) is 4.79 Å². The van der Waals surface area contributed by atoms with Gasteiger partial charge in [-0.25, -0.2) is 4.79 Å². The topological polar surface area (TPSA) is 59.5 Å². The molecular formula is C15H14N2O3. The van der Waals surface area contributed by atoms with Crippen molar-refractivity contribution in [3.05, 3.63) is 36.5 Å². The molecule has 3 rings (SSSR count). The number of piperidine rings is 1. The summed E-state index contributed by atoms with van der Waals surface area (Å²) in [5.41, 5.74) is 0.857. The number of hydrogen-bond acceptors (Lipinski definition) is 4. The highest BCUT2D eigenvalue weighted by Crippen LogP contribution is 2.20. The van der Waals surface area contributed by atoms with Crippen LogP contribution in [0.15, 0.2) is 36.5 Å². The lowest BCUT2D eigenvalue weighted by Crippen LogP contribution is -2.40. The van der Waals surface area contributed by atoms with Crippen LogP contribution in [-0.4, -0.2) is 34.8 Å². The van der Waals surface area contributed by atoms with Crippen molar-refractivity contribution >= 4 is 22.8 Å². The summed E-state index contributed by atoms with van der Waals surface area (Å²) >= 11 is 0. The molecule has 1 amide bonds. The zero-order valence-corrected chi connectivity index (χ0v) is 10.9. The number of pyridine rings is 1. The molecule has 0 N–H and O–H groups in total. The molecule has 20 heavy (non-hydrogen) atoms. The van der Waals surface area contributed by atoms with Crippen molar-refractivity contribution in [3.8, 4) is 5.75 Å². The van der Waals surface area contributed by atoms with Crippen molar-refractivity contribution < 1.29 is 14.3 Å². The van der Waals surface area contributed by atoms with Gasteiger partial charge >= 0.3 is 6.09 Å². The van der Waals surface area contributed by atoms with E-state index in [0.29, 0.717) is 31.7 Å². The summed E-state index contributed by atoms with van der Waals surface area (Å²) in [6, 6.07) is 9.08. The Morgan fingerprint density at radius 2 is 2.00 bits per heavy atom. The maximum atomic E-state index is 12.0. The van der Waals surface area contributed by atoms with E-state index < -0.39 is 6.09 Å². The summed E-state index contributed by atoms with van der Waals surface area (Å²) in [4.78, 5) is 28.9. The van der Waals surface area contributed by atoms with Gasteiger partial charge in [0.2, 0.25) is 0 Å². The second kappa shape index (κ2) is 5.28. The Balaban J connectivity index is 1.72. The SMILES string of the molecule is O=C1CCN(C(=O)Oc2ccc3ncccc3c2)CC1. The second-order valence-corrected chi connectivity index (χ2v) is 4.75. The third-order valence-corrected chi connectivity index (χ3v) is 3.36. The van der Waals surface area contributed by atoms with E-state index in [4.69, 9.17) is 4.74 Å². The molecule has 0 saturated carbocycles. The minimum absolute atomic E-state index is 0.200. The first-order chi connectivity index (χ1) is 9.72. The maximum absolute atomic E-state index is 12.0. The fourth-order valence-electron chi connectivity index (χ4n) is 2.22. The van der Waals surface area contributed by atoms with Crippen LogP contribution >= 0.6 is 0 Å². The molecule has 0 unspecified atom stereocenters. The van der Waals surface area contributed by atoms with Gasteiger partial charge in [-0.2, -0.15) is 0 Å². The van der Waals surface area contributed by atoms with E-state index in [2.05, 4.69) is 4.98 Å². The number of aromatic nitrogens is 1. The van der Waals surface area contributed by atoms with E-state index in [9.17, 15) is 9.59 Å². The number of likely N-dealkylation sites (tertiary alicyclic amines) is 1. The minimum Gasteiger partial charge on any atom is -0.410 e. The van der Waals surface area contributed by atoms with Gasteiger partial charge in [0, 0.05) is 37.5 Å². The van der Waals surface area contributed by atoms with Gasteiger partial charge in [-0.3, -0.25) is 9.78 Å². The largest absolute Gasteiger partial charge is 0.415 e. The number of rotatable bonds is 1. The lowest BCUT2D eigenvalue weighted by atomic mass is 10.1. The smallest absolute Gasteiger partial charge is 0.410 e. The third kappa shape index (κ3) is 2.61.